The molecule has 21 heavy (non-hydrogen) atoms. The summed E-state index contributed by atoms with van der Waals surface area (Å²) < 4.78 is 12.9. The number of nitrogens with one attached hydrogen (secondary N) is 2. The van der Waals surface area contributed by atoms with Gasteiger partial charge in [0, 0.05) is 0 Å². The van der Waals surface area contributed by atoms with Crippen LogP contribution in [0, 0.1) is 5.82 Å². The van der Waals surface area contributed by atoms with Crippen LogP contribution in [0.5, 0.6) is 0 Å². The number of amides is 2. The predicted octanol–water partition coefficient (Wildman–Crippen LogP) is 3.21. The Hall–Kier alpha value is -2.11. The van der Waals surface area contributed by atoms with E-state index in [-0.39, 0.29) is 21.2 Å². The van der Waals surface area contributed by atoms with Gasteiger partial charge in [-0.3, -0.25) is 20.4 Å². The minimum Gasteiger partial charge on any atom is -0.267 e. The van der Waals surface area contributed by atoms with Crippen molar-refractivity contribution in [3.8, 4) is 0 Å². The molecule has 7 heteroatoms. The Kier molecular flexibility index (Phi) is 4.77. The van der Waals surface area contributed by atoms with E-state index in [0.717, 1.165) is 12.1 Å². The highest BCUT2D eigenvalue weighted by Crippen LogP contribution is 2.17. The number of hydrazine groups is 1. The second-order valence-corrected chi connectivity index (χ2v) is 4.83. The molecule has 2 aromatic rings. The molecule has 2 amide bonds. The van der Waals surface area contributed by atoms with E-state index in [0.29, 0.717) is 0 Å². The van der Waals surface area contributed by atoms with Crippen molar-refractivity contribution in [3.05, 3.63) is 69.5 Å². The van der Waals surface area contributed by atoms with Crippen molar-refractivity contribution in [2.75, 3.05) is 0 Å². The molecule has 0 atom stereocenters. The van der Waals surface area contributed by atoms with Crippen molar-refractivity contribution in [2.24, 2.45) is 0 Å². The number of rotatable bonds is 2. The van der Waals surface area contributed by atoms with Gasteiger partial charge in [0.2, 0.25) is 0 Å². The van der Waals surface area contributed by atoms with E-state index in [2.05, 4.69) is 10.9 Å². The van der Waals surface area contributed by atoms with Crippen LogP contribution < -0.4 is 10.9 Å². The van der Waals surface area contributed by atoms with E-state index in [1.165, 1.54) is 12.1 Å². The lowest BCUT2D eigenvalue weighted by molar-refractivity contribution is 0.0847. The maximum Gasteiger partial charge on any atom is 0.271 e. The van der Waals surface area contributed by atoms with Crippen molar-refractivity contribution in [1.29, 1.82) is 0 Å². The second kappa shape index (κ2) is 6.56. The molecule has 0 aliphatic rings. The standard InChI is InChI=1S/C14H9Cl2FN2O2/c15-11-4-2-1-3-9(11)13(20)18-19-14(21)10-6-5-8(17)7-12(10)16/h1-7H,(H,18,20)(H,19,21). The molecule has 2 N–H and O–H groups in total. The fourth-order valence-electron chi connectivity index (χ4n) is 1.57. The van der Waals surface area contributed by atoms with Crippen LogP contribution in [0.25, 0.3) is 0 Å². The normalized spacial score (nSPS) is 10.0. The molecule has 0 radical (unpaired) electrons. The number of carbonyl (C=O) groups is 2. The van der Waals surface area contributed by atoms with Crippen LogP contribution in [0.15, 0.2) is 42.5 Å². The molecule has 0 saturated heterocycles. The summed E-state index contributed by atoms with van der Waals surface area (Å²) in [5.74, 6) is -1.80. The molecule has 0 aliphatic heterocycles. The fourth-order valence-corrected chi connectivity index (χ4v) is 2.04. The molecule has 0 aromatic heterocycles. The van der Waals surface area contributed by atoms with Crippen LogP contribution in [0.1, 0.15) is 20.7 Å². The fraction of sp³-hybridized carbons (Fsp3) is 0. The molecule has 4 nitrogen and oxygen atoms in total. The third-order valence-corrected chi connectivity index (χ3v) is 3.23. The van der Waals surface area contributed by atoms with Gasteiger partial charge in [-0.15, -0.1) is 0 Å². The van der Waals surface area contributed by atoms with Crippen molar-refractivity contribution < 1.29 is 14.0 Å². The van der Waals surface area contributed by atoms with Crippen LogP contribution in [0.3, 0.4) is 0 Å². The summed E-state index contributed by atoms with van der Waals surface area (Å²) in [6, 6.07) is 9.69. The van der Waals surface area contributed by atoms with Gasteiger partial charge in [-0.25, -0.2) is 4.39 Å². The molecule has 0 unspecified atom stereocenters. The third kappa shape index (κ3) is 3.71. The summed E-state index contributed by atoms with van der Waals surface area (Å²) in [6.45, 7) is 0. The van der Waals surface area contributed by atoms with Crippen LogP contribution in [0.2, 0.25) is 10.0 Å². The van der Waals surface area contributed by atoms with E-state index in [1.807, 2.05) is 0 Å². The summed E-state index contributed by atoms with van der Waals surface area (Å²) in [5, 5.41) is 0.198. The maximum atomic E-state index is 12.9. The van der Waals surface area contributed by atoms with Crippen molar-refractivity contribution in [1.82, 2.24) is 10.9 Å². The zero-order chi connectivity index (χ0) is 15.4. The third-order valence-electron chi connectivity index (χ3n) is 2.58. The Balaban J connectivity index is 2.04. The average molecular weight is 327 g/mol. The highest BCUT2D eigenvalue weighted by atomic mass is 35.5. The molecule has 0 fully saturated rings. The molecular weight excluding hydrogens is 318 g/mol. The summed E-state index contributed by atoms with van der Waals surface area (Å²) in [5.41, 5.74) is 4.64. The van der Waals surface area contributed by atoms with Gasteiger partial charge in [0.1, 0.15) is 5.82 Å². The highest BCUT2D eigenvalue weighted by Gasteiger charge is 2.14. The quantitative estimate of drug-likeness (QED) is 0.832. The monoisotopic (exact) mass is 326 g/mol. The first-order chi connectivity index (χ1) is 9.99. The van der Waals surface area contributed by atoms with E-state index < -0.39 is 17.6 Å². The zero-order valence-electron chi connectivity index (χ0n) is 10.5. The SMILES string of the molecule is O=C(NNC(=O)c1ccc(F)cc1Cl)c1ccccc1Cl. The van der Waals surface area contributed by atoms with Gasteiger partial charge in [-0.1, -0.05) is 35.3 Å². The second-order valence-electron chi connectivity index (χ2n) is 4.01. The first-order valence-electron chi connectivity index (χ1n) is 5.79. The Labute approximate surface area is 129 Å². The zero-order valence-corrected chi connectivity index (χ0v) is 12.0. The topological polar surface area (TPSA) is 58.2 Å². The molecule has 0 bridgehead atoms. The van der Waals surface area contributed by atoms with Crippen molar-refractivity contribution >= 4 is 35.0 Å². The number of benzene rings is 2. The van der Waals surface area contributed by atoms with Crippen LogP contribution in [0.4, 0.5) is 4.39 Å². The van der Waals surface area contributed by atoms with Gasteiger partial charge in [0.15, 0.2) is 0 Å². The number of carbonyl (C=O) groups excluding carboxylic acids is 2. The molecule has 0 heterocycles. The average Bonchev–Trinajstić information content (AvgIpc) is 2.45. The Bertz CT molecular complexity index is 707. The van der Waals surface area contributed by atoms with Crippen LogP contribution in [-0.2, 0) is 0 Å². The smallest absolute Gasteiger partial charge is 0.267 e. The van der Waals surface area contributed by atoms with E-state index in [1.54, 1.807) is 18.2 Å². The van der Waals surface area contributed by atoms with Gasteiger partial charge in [-0.2, -0.15) is 0 Å². The lowest BCUT2D eigenvalue weighted by Crippen LogP contribution is -2.41. The Morgan fingerprint density at radius 2 is 1.43 bits per heavy atom. The van der Waals surface area contributed by atoms with Gasteiger partial charge in [-0.05, 0) is 30.3 Å². The van der Waals surface area contributed by atoms with E-state index in [4.69, 9.17) is 23.2 Å². The lowest BCUT2D eigenvalue weighted by atomic mass is 10.2. The molecule has 0 saturated carbocycles. The molecule has 0 spiro atoms. The lowest BCUT2D eigenvalue weighted by Gasteiger charge is -2.09. The van der Waals surface area contributed by atoms with E-state index >= 15 is 0 Å². The number of hydrogen-bond acceptors (Lipinski definition) is 2. The van der Waals surface area contributed by atoms with Gasteiger partial charge < -0.3 is 0 Å². The van der Waals surface area contributed by atoms with Gasteiger partial charge >= 0.3 is 0 Å². The highest BCUT2D eigenvalue weighted by molar-refractivity contribution is 6.34. The Morgan fingerprint density at radius 1 is 0.857 bits per heavy atom. The molecule has 2 rings (SSSR count). The molecule has 0 aliphatic carbocycles. The van der Waals surface area contributed by atoms with Gasteiger partial charge in [0.25, 0.3) is 11.8 Å². The van der Waals surface area contributed by atoms with Crippen LogP contribution >= 0.6 is 23.2 Å². The summed E-state index contributed by atoms with van der Waals surface area (Å²) in [6.07, 6.45) is 0. The molecule has 108 valence electrons. The minimum atomic E-state index is -0.666. The number of hydrogen-bond donors (Lipinski definition) is 2. The summed E-state index contributed by atoms with van der Waals surface area (Å²) in [7, 11) is 0. The van der Waals surface area contributed by atoms with Crippen molar-refractivity contribution in [3.63, 3.8) is 0 Å². The first-order valence-corrected chi connectivity index (χ1v) is 6.55. The maximum absolute atomic E-state index is 12.9. The molecule has 2 aromatic carbocycles. The number of halogens is 3. The van der Waals surface area contributed by atoms with Crippen LogP contribution in [-0.4, -0.2) is 11.8 Å². The van der Waals surface area contributed by atoms with Crippen molar-refractivity contribution in [2.45, 2.75) is 0 Å². The summed E-state index contributed by atoms with van der Waals surface area (Å²) >= 11 is 11.6. The van der Waals surface area contributed by atoms with E-state index in [9.17, 15) is 14.0 Å². The Morgan fingerprint density at radius 3 is 2.00 bits per heavy atom. The predicted molar refractivity (Wildman–Crippen MR) is 77.8 cm³/mol. The first kappa shape index (κ1) is 15.3. The molecular formula is C14H9Cl2FN2O2. The van der Waals surface area contributed by atoms with Gasteiger partial charge in [0.05, 0.1) is 21.2 Å². The largest absolute Gasteiger partial charge is 0.271 e. The summed E-state index contributed by atoms with van der Waals surface area (Å²) in [4.78, 5) is 23.7. The minimum absolute atomic E-state index is 0.0394.